The normalized spacial score (nSPS) is 24.9. The molecule has 1 saturated heterocycles. The van der Waals surface area contributed by atoms with Gasteiger partial charge in [0.25, 0.3) is 0 Å². The number of nitrogens with zero attached hydrogens (tertiary/aromatic N) is 1. The highest BCUT2D eigenvalue weighted by Gasteiger charge is 2.50. The summed E-state index contributed by atoms with van der Waals surface area (Å²) in [5.41, 5.74) is 1.97. The van der Waals surface area contributed by atoms with Crippen molar-refractivity contribution >= 4 is 0 Å². The Kier molecular flexibility index (Phi) is 4.42. The van der Waals surface area contributed by atoms with Crippen molar-refractivity contribution in [2.75, 3.05) is 13.2 Å². The van der Waals surface area contributed by atoms with Crippen LogP contribution in [0.2, 0.25) is 0 Å². The van der Waals surface area contributed by atoms with Crippen molar-refractivity contribution in [1.82, 2.24) is 4.90 Å². The van der Waals surface area contributed by atoms with Gasteiger partial charge in [0.15, 0.2) is 0 Å². The maximum atomic E-state index is 6.07. The van der Waals surface area contributed by atoms with E-state index in [2.05, 4.69) is 42.2 Å². The smallest absolute Gasteiger partial charge is 0.0703 e. The second kappa shape index (κ2) is 6.28. The molecule has 1 spiro atoms. The molecule has 20 heavy (non-hydrogen) atoms. The molecule has 2 aliphatic rings. The van der Waals surface area contributed by atoms with Crippen molar-refractivity contribution in [3.63, 3.8) is 0 Å². The van der Waals surface area contributed by atoms with Crippen LogP contribution in [0.1, 0.15) is 51.0 Å². The van der Waals surface area contributed by atoms with E-state index < -0.39 is 0 Å². The van der Waals surface area contributed by atoms with Gasteiger partial charge in [-0.05, 0) is 37.7 Å². The van der Waals surface area contributed by atoms with Gasteiger partial charge in [-0.1, -0.05) is 43.7 Å². The largest absolute Gasteiger partial charge is 0.377 e. The Balaban J connectivity index is 1.58. The second-order valence-electron chi connectivity index (χ2n) is 6.48. The molecule has 0 bridgehead atoms. The first-order valence-corrected chi connectivity index (χ1v) is 8.23. The number of rotatable bonds is 6. The van der Waals surface area contributed by atoms with E-state index in [0.717, 1.165) is 19.7 Å². The van der Waals surface area contributed by atoms with Crippen LogP contribution < -0.4 is 0 Å². The molecule has 110 valence electrons. The van der Waals surface area contributed by atoms with E-state index in [0.29, 0.717) is 11.6 Å². The van der Waals surface area contributed by atoms with Gasteiger partial charge in [0.05, 0.1) is 6.10 Å². The van der Waals surface area contributed by atoms with Gasteiger partial charge in [-0.2, -0.15) is 0 Å². The molecule has 2 nitrogen and oxygen atoms in total. The molecular weight excluding hydrogens is 246 g/mol. The first-order chi connectivity index (χ1) is 9.82. The summed E-state index contributed by atoms with van der Waals surface area (Å²) in [4.78, 5) is 2.70. The van der Waals surface area contributed by atoms with E-state index in [4.69, 9.17) is 4.74 Å². The quantitative estimate of drug-likeness (QED) is 0.726. The Hall–Kier alpha value is -0.860. The molecule has 1 aromatic rings. The third-order valence-electron chi connectivity index (χ3n) is 4.92. The Morgan fingerprint density at radius 2 is 2.00 bits per heavy atom. The van der Waals surface area contributed by atoms with Crippen molar-refractivity contribution in [2.24, 2.45) is 0 Å². The Morgan fingerprint density at radius 1 is 1.20 bits per heavy atom. The Morgan fingerprint density at radius 3 is 2.70 bits per heavy atom. The standard InChI is InChI=1S/C18H27NO/c1-2-3-13-20-17-9-10-18(11-12-18)19(15-17)14-16-7-5-4-6-8-16/h4-8,17H,2-3,9-15H2,1H3. The summed E-state index contributed by atoms with van der Waals surface area (Å²) in [6.45, 7) is 5.38. The Bertz CT molecular complexity index is 413. The van der Waals surface area contributed by atoms with Crippen molar-refractivity contribution in [1.29, 1.82) is 0 Å². The zero-order chi connectivity index (χ0) is 13.8. The molecule has 1 aliphatic carbocycles. The van der Waals surface area contributed by atoms with Crippen LogP contribution in [0.5, 0.6) is 0 Å². The van der Waals surface area contributed by atoms with Crippen LogP contribution in [-0.4, -0.2) is 29.7 Å². The summed E-state index contributed by atoms with van der Waals surface area (Å²) >= 11 is 0. The fourth-order valence-electron chi connectivity index (χ4n) is 3.40. The minimum atomic E-state index is 0.455. The number of piperidine rings is 1. The van der Waals surface area contributed by atoms with Crippen molar-refractivity contribution in [2.45, 2.75) is 63.6 Å². The summed E-state index contributed by atoms with van der Waals surface area (Å²) in [6.07, 6.45) is 8.25. The zero-order valence-corrected chi connectivity index (χ0v) is 12.7. The molecule has 1 unspecified atom stereocenters. The van der Waals surface area contributed by atoms with E-state index in [1.807, 2.05) is 0 Å². The molecule has 1 saturated carbocycles. The van der Waals surface area contributed by atoms with Crippen LogP contribution in [-0.2, 0) is 11.3 Å². The highest BCUT2D eigenvalue weighted by molar-refractivity contribution is 5.17. The lowest BCUT2D eigenvalue weighted by Gasteiger charge is -2.40. The summed E-state index contributed by atoms with van der Waals surface area (Å²) in [7, 11) is 0. The number of ether oxygens (including phenoxy) is 1. The van der Waals surface area contributed by atoms with Crippen LogP contribution in [0.3, 0.4) is 0 Å². The van der Waals surface area contributed by atoms with E-state index in [9.17, 15) is 0 Å². The predicted molar refractivity (Wildman–Crippen MR) is 82.7 cm³/mol. The number of benzene rings is 1. The van der Waals surface area contributed by atoms with Crippen molar-refractivity contribution in [3.8, 4) is 0 Å². The van der Waals surface area contributed by atoms with Crippen molar-refractivity contribution in [3.05, 3.63) is 35.9 Å². The molecule has 0 amide bonds. The van der Waals surface area contributed by atoms with Gasteiger partial charge in [-0.15, -0.1) is 0 Å². The van der Waals surface area contributed by atoms with Crippen LogP contribution in [0.4, 0.5) is 0 Å². The second-order valence-corrected chi connectivity index (χ2v) is 6.48. The van der Waals surface area contributed by atoms with E-state index in [-0.39, 0.29) is 0 Å². The van der Waals surface area contributed by atoms with Crippen LogP contribution in [0.15, 0.2) is 30.3 Å². The van der Waals surface area contributed by atoms with Crippen LogP contribution >= 0.6 is 0 Å². The van der Waals surface area contributed by atoms with Gasteiger partial charge in [-0.3, -0.25) is 4.90 Å². The number of hydrogen-bond donors (Lipinski definition) is 0. The van der Waals surface area contributed by atoms with E-state index >= 15 is 0 Å². The zero-order valence-electron chi connectivity index (χ0n) is 12.7. The highest BCUT2D eigenvalue weighted by atomic mass is 16.5. The van der Waals surface area contributed by atoms with Gasteiger partial charge in [0.1, 0.15) is 0 Å². The summed E-state index contributed by atoms with van der Waals surface area (Å²) in [6, 6.07) is 10.9. The van der Waals surface area contributed by atoms with Gasteiger partial charge < -0.3 is 4.74 Å². The fourth-order valence-corrected chi connectivity index (χ4v) is 3.40. The van der Waals surface area contributed by atoms with E-state index in [1.54, 1.807) is 0 Å². The lowest BCUT2D eigenvalue weighted by molar-refractivity contribution is -0.0310. The van der Waals surface area contributed by atoms with Gasteiger partial charge in [0, 0.05) is 25.2 Å². The monoisotopic (exact) mass is 273 g/mol. The third-order valence-corrected chi connectivity index (χ3v) is 4.92. The predicted octanol–water partition coefficient (Wildman–Crippen LogP) is 4.00. The van der Waals surface area contributed by atoms with E-state index in [1.165, 1.54) is 44.1 Å². The molecule has 1 aliphatic heterocycles. The third kappa shape index (κ3) is 3.24. The van der Waals surface area contributed by atoms with Gasteiger partial charge >= 0.3 is 0 Å². The molecule has 1 atom stereocenters. The SMILES string of the molecule is CCCCOC1CCC2(CC2)N(Cc2ccccc2)C1. The lowest BCUT2D eigenvalue weighted by atomic mass is 9.97. The van der Waals surface area contributed by atoms with Gasteiger partial charge in [0.2, 0.25) is 0 Å². The molecule has 0 radical (unpaired) electrons. The first-order valence-electron chi connectivity index (χ1n) is 8.23. The minimum Gasteiger partial charge on any atom is -0.377 e. The first kappa shape index (κ1) is 14.1. The maximum Gasteiger partial charge on any atom is 0.0703 e. The van der Waals surface area contributed by atoms with Crippen LogP contribution in [0, 0.1) is 0 Å². The molecule has 1 heterocycles. The molecule has 1 aromatic carbocycles. The summed E-state index contributed by atoms with van der Waals surface area (Å²) in [5, 5.41) is 0. The summed E-state index contributed by atoms with van der Waals surface area (Å²) < 4.78 is 6.07. The number of unbranched alkanes of at least 4 members (excludes halogenated alkanes) is 1. The molecule has 3 rings (SSSR count). The van der Waals surface area contributed by atoms with Crippen LogP contribution in [0.25, 0.3) is 0 Å². The average molecular weight is 273 g/mol. The molecule has 0 aromatic heterocycles. The minimum absolute atomic E-state index is 0.455. The van der Waals surface area contributed by atoms with Gasteiger partial charge in [-0.25, -0.2) is 0 Å². The number of hydrogen-bond acceptors (Lipinski definition) is 2. The maximum absolute atomic E-state index is 6.07. The van der Waals surface area contributed by atoms with Crippen molar-refractivity contribution < 1.29 is 4.74 Å². The number of likely N-dealkylation sites (tertiary alicyclic amines) is 1. The fraction of sp³-hybridized carbons (Fsp3) is 0.667. The topological polar surface area (TPSA) is 12.5 Å². The molecular formula is C18H27NO. The molecule has 0 N–H and O–H groups in total. The lowest BCUT2D eigenvalue weighted by Crippen LogP contribution is -2.47. The Labute approximate surface area is 123 Å². The molecule has 2 heteroatoms. The highest BCUT2D eigenvalue weighted by Crippen LogP contribution is 2.49. The molecule has 2 fully saturated rings. The summed E-state index contributed by atoms with van der Waals surface area (Å²) in [5.74, 6) is 0. The average Bonchev–Trinajstić information content (AvgIpc) is 3.25.